The van der Waals surface area contributed by atoms with E-state index in [4.69, 9.17) is 0 Å². The molecule has 6 atom stereocenters. The number of H-pyrrole nitrogens is 1. The monoisotopic (exact) mass is 854 g/mol. The Morgan fingerprint density at radius 1 is 0.967 bits per heavy atom. The van der Waals surface area contributed by atoms with Crippen LogP contribution in [0.1, 0.15) is 109 Å². The second-order valence-corrected chi connectivity index (χ2v) is 21.4. The fraction of sp³-hybridized carbons (Fsp3) is 0.578. The van der Waals surface area contributed by atoms with Gasteiger partial charge in [0.25, 0.3) is 21.8 Å². The number of aromatic nitrogens is 3. The Kier molecular flexibility index (Phi) is 10.5. The molecule has 0 bridgehead atoms. The number of hydrogen-bond donors (Lipinski definition) is 5. The zero-order valence-corrected chi connectivity index (χ0v) is 36.5. The second-order valence-electron chi connectivity index (χ2n) is 19.7. The lowest BCUT2D eigenvalue weighted by atomic mass is 9.73. The summed E-state index contributed by atoms with van der Waals surface area (Å²) < 4.78 is 29.7. The van der Waals surface area contributed by atoms with Gasteiger partial charge in [0, 0.05) is 41.9 Å². The van der Waals surface area contributed by atoms with E-state index in [9.17, 15) is 27.6 Å². The number of nitrogens with zero attached hydrogens (tertiary/aromatic N) is 3. The van der Waals surface area contributed by atoms with E-state index in [-0.39, 0.29) is 45.7 Å². The number of benzene rings is 1. The second kappa shape index (κ2) is 15.1. The maximum atomic E-state index is 15.2. The normalized spacial score (nSPS) is 27.4. The molecule has 0 unspecified atom stereocenters. The summed E-state index contributed by atoms with van der Waals surface area (Å²) in [5.41, 5.74) is -2.65. The summed E-state index contributed by atoms with van der Waals surface area (Å²) in [6, 6.07) is 3.42. The van der Waals surface area contributed by atoms with Gasteiger partial charge in [-0.1, -0.05) is 78.5 Å². The number of sulfonamides is 1. The van der Waals surface area contributed by atoms with Crippen molar-refractivity contribution < 1.29 is 32.4 Å². The molecule has 5 N–H and O–H groups in total. The van der Waals surface area contributed by atoms with Crippen molar-refractivity contribution in [2.75, 3.05) is 6.54 Å². The molecule has 3 aromatic rings. The first-order valence-electron chi connectivity index (χ1n) is 21.6. The standard InChI is InChI=1S/C45H58N8O7S/c1-7-29-23-45(29,40(58)52-61(59,60)32-16-11-15-28-17-20-48-33(28)32)51-37(55)31-24-44(42(5,6)43(44)18-12-19-43)26-53(31)39(57)35(41(2,3)4)50-38(56)34(27-13-9-8-10-14-27)49-36(54)30-25-46-21-22-47-30/h7,11,15-17,20-22,25,27,29,31,34-35,48H,1,8-10,12-14,18-19,23-24,26H2,2-6H3,(H,49,54)(H,50,56)(H,51,55)(H,52,58)/t29-,31+,34+,35-,44-,45-/m1/s1. The number of nitrogens with one attached hydrogen (secondary N) is 5. The van der Waals surface area contributed by atoms with Crippen LogP contribution < -0.4 is 20.7 Å². The summed E-state index contributed by atoms with van der Waals surface area (Å²) >= 11 is 0. The zero-order valence-electron chi connectivity index (χ0n) is 35.7. The van der Waals surface area contributed by atoms with Crippen molar-refractivity contribution in [1.29, 1.82) is 0 Å². The van der Waals surface area contributed by atoms with Gasteiger partial charge in [0.15, 0.2) is 0 Å². The van der Waals surface area contributed by atoms with Gasteiger partial charge in [-0.25, -0.2) is 18.1 Å². The van der Waals surface area contributed by atoms with E-state index in [1.54, 1.807) is 29.3 Å². The summed E-state index contributed by atoms with van der Waals surface area (Å²) in [6.07, 6.45) is 15.1. The number of likely N-dealkylation sites (tertiary alicyclic amines) is 1. The quantitative estimate of drug-likeness (QED) is 0.162. The van der Waals surface area contributed by atoms with Gasteiger partial charge in [-0.3, -0.25) is 29.0 Å². The molecule has 4 saturated carbocycles. The summed E-state index contributed by atoms with van der Waals surface area (Å²) in [4.78, 5) is 84.6. The molecule has 16 heteroatoms. The molecule has 4 aliphatic carbocycles. The fourth-order valence-electron chi connectivity index (χ4n) is 11.5. The van der Waals surface area contributed by atoms with E-state index in [2.05, 4.69) is 56.1 Å². The Labute approximate surface area is 357 Å². The van der Waals surface area contributed by atoms with Crippen molar-refractivity contribution in [3.8, 4) is 0 Å². The molecule has 61 heavy (non-hydrogen) atoms. The number of aromatic amines is 1. The van der Waals surface area contributed by atoms with Crippen LogP contribution in [-0.4, -0.2) is 88.0 Å². The van der Waals surface area contributed by atoms with Gasteiger partial charge in [0.2, 0.25) is 17.7 Å². The highest BCUT2D eigenvalue weighted by molar-refractivity contribution is 7.90. The Hall–Kier alpha value is -5.12. The molecule has 1 aliphatic heterocycles. The van der Waals surface area contributed by atoms with Crippen molar-refractivity contribution in [3.63, 3.8) is 0 Å². The summed E-state index contributed by atoms with van der Waals surface area (Å²) in [5, 5.41) is 9.56. The van der Waals surface area contributed by atoms with Gasteiger partial charge in [-0.05, 0) is 72.8 Å². The molecule has 1 saturated heterocycles. The molecule has 5 aliphatic rings. The molecule has 8 rings (SSSR count). The minimum absolute atomic E-state index is 0.0596. The highest BCUT2D eigenvalue weighted by atomic mass is 32.2. The molecule has 2 aromatic heterocycles. The van der Waals surface area contributed by atoms with E-state index >= 15 is 4.79 Å². The highest BCUT2D eigenvalue weighted by Gasteiger charge is 2.85. The number of rotatable bonds is 12. The Balaban J connectivity index is 1.07. The van der Waals surface area contributed by atoms with Gasteiger partial charge in [0.05, 0.1) is 11.7 Å². The van der Waals surface area contributed by atoms with Crippen LogP contribution in [0.25, 0.3) is 10.9 Å². The summed E-state index contributed by atoms with van der Waals surface area (Å²) in [6.45, 7) is 14.1. The number of para-hydroxylation sites is 1. The average molecular weight is 855 g/mol. The van der Waals surface area contributed by atoms with Crippen LogP contribution in [0.2, 0.25) is 0 Å². The lowest BCUT2D eigenvalue weighted by Crippen LogP contribution is -2.62. The van der Waals surface area contributed by atoms with Gasteiger partial charge < -0.3 is 25.8 Å². The first-order valence-corrected chi connectivity index (χ1v) is 23.1. The van der Waals surface area contributed by atoms with Crippen molar-refractivity contribution in [3.05, 3.63) is 67.4 Å². The van der Waals surface area contributed by atoms with Crippen molar-refractivity contribution in [1.82, 2.24) is 40.5 Å². The molecule has 0 radical (unpaired) electrons. The maximum Gasteiger partial charge on any atom is 0.272 e. The number of hydrogen-bond acceptors (Lipinski definition) is 9. The summed E-state index contributed by atoms with van der Waals surface area (Å²) in [7, 11) is -4.38. The average Bonchev–Trinajstić information content (AvgIpc) is 3.72. The molecular formula is C45H58N8O7S. The minimum atomic E-state index is -4.38. The topological polar surface area (TPSA) is 212 Å². The summed E-state index contributed by atoms with van der Waals surface area (Å²) in [5.74, 6) is -3.65. The van der Waals surface area contributed by atoms with E-state index in [0.29, 0.717) is 17.3 Å². The van der Waals surface area contributed by atoms with Crippen molar-refractivity contribution in [2.24, 2.45) is 33.5 Å². The van der Waals surface area contributed by atoms with E-state index in [1.165, 1.54) is 30.7 Å². The predicted molar refractivity (Wildman–Crippen MR) is 227 cm³/mol. The molecule has 3 heterocycles. The van der Waals surface area contributed by atoms with Crippen molar-refractivity contribution >= 4 is 50.5 Å². The van der Waals surface area contributed by atoms with E-state index in [0.717, 1.165) is 51.4 Å². The Morgan fingerprint density at radius 3 is 2.31 bits per heavy atom. The Morgan fingerprint density at radius 2 is 1.70 bits per heavy atom. The fourth-order valence-corrected chi connectivity index (χ4v) is 12.7. The van der Waals surface area contributed by atoms with Crippen LogP contribution in [0.5, 0.6) is 0 Å². The molecule has 2 spiro atoms. The predicted octanol–water partition coefficient (Wildman–Crippen LogP) is 4.53. The number of fused-ring (bicyclic) bond motifs is 2. The molecule has 326 valence electrons. The van der Waals surface area contributed by atoms with Gasteiger partial charge >= 0.3 is 0 Å². The Bertz CT molecular complexity index is 2380. The first-order chi connectivity index (χ1) is 28.8. The third-order valence-electron chi connectivity index (χ3n) is 15.4. The third kappa shape index (κ3) is 6.92. The van der Waals surface area contributed by atoms with Crippen LogP contribution in [0.15, 0.2) is 66.6 Å². The van der Waals surface area contributed by atoms with E-state index < -0.39 is 74.6 Å². The van der Waals surface area contributed by atoms with Crippen LogP contribution >= 0.6 is 0 Å². The van der Waals surface area contributed by atoms with Gasteiger partial charge in [-0.2, -0.15) is 0 Å². The largest absolute Gasteiger partial charge is 0.360 e. The molecule has 15 nitrogen and oxygen atoms in total. The number of amides is 5. The maximum absolute atomic E-state index is 15.2. The van der Waals surface area contributed by atoms with Crippen LogP contribution in [0, 0.1) is 33.5 Å². The first kappa shape index (κ1) is 42.6. The number of carbonyl (C=O) groups is 5. The van der Waals surface area contributed by atoms with Crippen LogP contribution in [-0.2, 0) is 29.2 Å². The van der Waals surface area contributed by atoms with E-state index in [1.807, 2.05) is 20.8 Å². The molecule has 5 amide bonds. The SMILES string of the molecule is C=C[C@@H]1C[C@]1(NC(=O)[C@@H]1C[C@@]2(CN1C(=O)[C@@H](NC(=O)[C@@H](NC(=O)c1cnccn1)C1CCCCC1)C(C)(C)C)C(C)(C)C21CCC1)C(=O)NS(=O)(=O)c1cccc2cc[nH]c12. The van der Waals surface area contributed by atoms with Crippen LogP contribution in [0.3, 0.4) is 0 Å². The smallest absolute Gasteiger partial charge is 0.272 e. The third-order valence-corrected chi connectivity index (χ3v) is 16.8. The van der Waals surface area contributed by atoms with Gasteiger partial charge in [0.1, 0.15) is 34.3 Å². The van der Waals surface area contributed by atoms with Crippen molar-refractivity contribution in [2.45, 2.75) is 127 Å². The lowest BCUT2D eigenvalue weighted by molar-refractivity contribution is -0.145. The van der Waals surface area contributed by atoms with Crippen LogP contribution in [0.4, 0.5) is 0 Å². The number of carbonyl (C=O) groups excluding carboxylic acids is 5. The molecule has 5 fully saturated rings. The molecular weight excluding hydrogens is 797 g/mol. The molecule has 1 aromatic carbocycles. The highest BCUT2D eigenvalue weighted by Crippen LogP contribution is 2.88. The zero-order chi connectivity index (χ0) is 43.8. The van der Waals surface area contributed by atoms with Gasteiger partial charge in [-0.15, -0.1) is 6.58 Å². The lowest BCUT2D eigenvalue weighted by Gasteiger charge is -2.38. The minimum Gasteiger partial charge on any atom is -0.360 e.